The lowest BCUT2D eigenvalue weighted by atomic mass is 10.5. The largest absolute Gasteiger partial charge is 0.198 e. The van der Waals surface area contributed by atoms with Crippen molar-refractivity contribution in [1.29, 1.82) is 0 Å². The van der Waals surface area contributed by atoms with Gasteiger partial charge in [-0.25, -0.2) is 0 Å². The Bertz CT molecular complexity index is 198. The van der Waals surface area contributed by atoms with E-state index in [0.29, 0.717) is 0 Å². The lowest BCUT2D eigenvalue weighted by Crippen LogP contribution is -1.90. The number of nitrogens with one attached hydrogen (secondary N) is 1. The molecular formula is C9H13N3. The fourth-order valence-electron chi connectivity index (χ4n) is 0.422. The minimum Gasteiger partial charge on any atom is -0.198 e. The third-order valence-corrected chi connectivity index (χ3v) is 0.876. The van der Waals surface area contributed by atoms with Crippen molar-refractivity contribution < 1.29 is 0 Å². The van der Waals surface area contributed by atoms with E-state index in [1.54, 1.807) is 30.7 Å². The van der Waals surface area contributed by atoms with E-state index in [-0.39, 0.29) is 0 Å². The van der Waals surface area contributed by atoms with Crippen LogP contribution in [-0.2, 0) is 0 Å². The molecule has 1 rings (SSSR count). The second kappa shape index (κ2) is 9.36. The van der Waals surface area contributed by atoms with Crippen molar-refractivity contribution in [1.82, 2.24) is 5.53 Å². The SMILES string of the molecule is C1=CC=NNN=C1.C=CC=CC. The average Bonchev–Trinajstić information content (AvgIpc) is 2.37. The highest BCUT2D eigenvalue weighted by molar-refractivity contribution is 5.81. The third-order valence-electron chi connectivity index (χ3n) is 0.876. The van der Waals surface area contributed by atoms with Gasteiger partial charge in [0, 0.05) is 12.4 Å². The quantitative estimate of drug-likeness (QED) is 0.588. The molecule has 0 fully saturated rings. The summed E-state index contributed by atoms with van der Waals surface area (Å²) in [4.78, 5) is 0. The molecule has 64 valence electrons. The van der Waals surface area contributed by atoms with E-state index in [1.165, 1.54) is 0 Å². The molecule has 0 radical (unpaired) electrons. The zero-order valence-electron chi connectivity index (χ0n) is 7.14. The van der Waals surface area contributed by atoms with Crippen molar-refractivity contribution >= 4 is 12.4 Å². The highest BCUT2D eigenvalue weighted by Crippen LogP contribution is 1.69. The number of allylic oxidation sites excluding steroid dienone is 5. The Morgan fingerprint density at radius 3 is 2.17 bits per heavy atom. The van der Waals surface area contributed by atoms with Crippen LogP contribution in [0.25, 0.3) is 0 Å². The molecule has 0 atom stereocenters. The van der Waals surface area contributed by atoms with Crippen LogP contribution in [0.4, 0.5) is 0 Å². The lowest BCUT2D eigenvalue weighted by molar-refractivity contribution is 0.821. The van der Waals surface area contributed by atoms with Gasteiger partial charge in [-0.3, -0.25) is 0 Å². The molecule has 12 heavy (non-hydrogen) atoms. The zero-order valence-corrected chi connectivity index (χ0v) is 7.14. The number of hydrogen-bond acceptors (Lipinski definition) is 3. The number of rotatable bonds is 1. The Kier molecular flexibility index (Phi) is 8.08. The van der Waals surface area contributed by atoms with Gasteiger partial charge >= 0.3 is 0 Å². The van der Waals surface area contributed by atoms with Crippen LogP contribution in [0.15, 0.2) is 47.2 Å². The van der Waals surface area contributed by atoms with Gasteiger partial charge in [0.1, 0.15) is 0 Å². The van der Waals surface area contributed by atoms with Gasteiger partial charge in [-0.15, -0.1) is 0 Å². The van der Waals surface area contributed by atoms with Gasteiger partial charge in [-0.05, 0) is 19.1 Å². The smallest absolute Gasteiger partial charge is 0.0489 e. The van der Waals surface area contributed by atoms with Crippen LogP contribution < -0.4 is 5.53 Å². The van der Waals surface area contributed by atoms with Crippen molar-refractivity contribution in [2.45, 2.75) is 6.92 Å². The van der Waals surface area contributed by atoms with E-state index in [1.807, 2.05) is 19.1 Å². The van der Waals surface area contributed by atoms with Crippen LogP contribution in [0.2, 0.25) is 0 Å². The summed E-state index contributed by atoms with van der Waals surface area (Å²) in [5.41, 5.74) is 2.42. The summed E-state index contributed by atoms with van der Waals surface area (Å²) in [7, 11) is 0. The lowest BCUT2D eigenvalue weighted by Gasteiger charge is -1.78. The summed E-state index contributed by atoms with van der Waals surface area (Å²) in [5, 5.41) is 7.22. The predicted molar refractivity (Wildman–Crippen MR) is 54.3 cm³/mol. The normalized spacial score (nSPS) is 13.1. The number of hydrazone groups is 2. The maximum atomic E-state index is 3.61. The first-order chi connectivity index (χ1) is 5.91. The molecule has 0 amide bonds. The fourth-order valence-corrected chi connectivity index (χ4v) is 0.422. The fraction of sp³-hybridized carbons (Fsp3) is 0.111. The van der Waals surface area contributed by atoms with Gasteiger partial charge in [-0.2, -0.15) is 15.7 Å². The second-order valence-electron chi connectivity index (χ2n) is 1.80. The molecule has 0 saturated heterocycles. The molecule has 0 aromatic rings. The summed E-state index contributed by atoms with van der Waals surface area (Å²) in [6.07, 6.45) is 12.4. The molecule has 0 saturated carbocycles. The molecule has 3 heteroatoms. The minimum absolute atomic E-state index is 1.63. The van der Waals surface area contributed by atoms with Crippen LogP contribution in [0.1, 0.15) is 6.92 Å². The van der Waals surface area contributed by atoms with Crippen LogP contribution in [-0.4, -0.2) is 12.4 Å². The molecule has 1 aliphatic heterocycles. The van der Waals surface area contributed by atoms with Crippen LogP contribution in [0.5, 0.6) is 0 Å². The van der Waals surface area contributed by atoms with Crippen LogP contribution in [0.3, 0.4) is 0 Å². The minimum atomic E-state index is 1.63. The Morgan fingerprint density at radius 1 is 1.25 bits per heavy atom. The van der Waals surface area contributed by atoms with Crippen molar-refractivity contribution in [3.8, 4) is 0 Å². The highest BCUT2D eigenvalue weighted by Gasteiger charge is 1.68. The maximum Gasteiger partial charge on any atom is 0.0489 e. The second-order valence-corrected chi connectivity index (χ2v) is 1.80. The molecule has 0 aromatic carbocycles. The number of hydrogen-bond donors (Lipinski definition) is 1. The first-order valence-corrected chi connectivity index (χ1v) is 3.62. The highest BCUT2D eigenvalue weighted by atomic mass is 15.5. The molecule has 0 spiro atoms. The van der Waals surface area contributed by atoms with Gasteiger partial charge in [0.15, 0.2) is 0 Å². The molecular weight excluding hydrogens is 150 g/mol. The predicted octanol–water partition coefficient (Wildman–Crippen LogP) is 1.87. The van der Waals surface area contributed by atoms with E-state index >= 15 is 0 Å². The standard InChI is InChI=1S/C5H8.C4H5N3/c1-3-5-4-2;1-2-4-6-7-5-3-1/h3-5H,1H2,2H3;1-4,7H. The first-order valence-electron chi connectivity index (χ1n) is 3.62. The Hall–Kier alpha value is -1.64. The van der Waals surface area contributed by atoms with Crippen LogP contribution in [0, 0.1) is 0 Å². The zero-order chi connectivity index (χ0) is 9.07. The Morgan fingerprint density at radius 2 is 1.83 bits per heavy atom. The molecule has 3 nitrogen and oxygen atoms in total. The van der Waals surface area contributed by atoms with Crippen molar-refractivity contribution in [3.63, 3.8) is 0 Å². The first kappa shape index (κ1) is 10.4. The van der Waals surface area contributed by atoms with Gasteiger partial charge in [0.2, 0.25) is 0 Å². The van der Waals surface area contributed by atoms with Gasteiger partial charge in [0.05, 0.1) is 0 Å². The molecule has 1 aliphatic rings. The van der Waals surface area contributed by atoms with Crippen molar-refractivity contribution in [2.75, 3.05) is 0 Å². The van der Waals surface area contributed by atoms with E-state index in [0.717, 1.165) is 0 Å². The summed E-state index contributed by atoms with van der Waals surface area (Å²) >= 11 is 0. The van der Waals surface area contributed by atoms with E-state index in [9.17, 15) is 0 Å². The molecule has 0 bridgehead atoms. The van der Waals surface area contributed by atoms with Gasteiger partial charge in [-0.1, -0.05) is 24.8 Å². The molecule has 0 aromatic heterocycles. The average molecular weight is 163 g/mol. The summed E-state index contributed by atoms with van der Waals surface area (Å²) in [5.74, 6) is 0. The summed E-state index contributed by atoms with van der Waals surface area (Å²) in [6.45, 7) is 5.42. The Balaban J connectivity index is 0.000000217. The monoisotopic (exact) mass is 163 g/mol. The van der Waals surface area contributed by atoms with Gasteiger partial charge in [0.25, 0.3) is 0 Å². The van der Waals surface area contributed by atoms with Crippen molar-refractivity contribution in [3.05, 3.63) is 37.0 Å². The molecule has 0 unspecified atom stereocenters. The third kappa shape index (κ3) is 8.36. The molecule has 1 N–H and O–H groups in total. The topological polar surface area (TPSA) is 36.8 Å². The number of nitrogens with zero attached hydrogens (tertiary/aromatic N) is 2. The summed E-state index contributed by atoms with van der Waals surface area (Å²) in [6, 6.07) is 0. The Labute approximate surface area is 72.9 Å². The van der Waals surface area contributed by atoms with Crippen molar-refractivity contribution in [2.24, 2.45) is 10.2 Å². The van der Waals surface area contributed by atoms with Gasteiger partial charge < -0.3 is 0 Å². The van der Waals surface area contributed by atoms with E-state index < -0.39 is 0 Å². The van der Waals surface area contributed by atoms with E-state index in [2.05, 4.69) is 22.3 Å². The summed E-state index contributed by atoms with van der Waals surface area (Å²) < 4.78 is 0. The van der Waals surface area contributed by atoms with E-state index in [4.69, 9.17) is 0 Å². The molecule has 1 heterocycles. The van der Waals surface area contributed by atoms with Crippen LogP contribution >= 0.6 is 0 Å². The maximum absolute atomic E-state index is 3.61. The molecule has 0 aliphatic carbocycles.